The minimum atomic E-state index is 0.718. The molecule has 1 fully saturated rings. The van der Waals surface area contributed by atoms with Gasteiger partial charge in [0.15, 0.2) is 0 Å². The quantitative estimate of drug-likeness (QED) is 0.768. The van der Waals surface area contributed by atoms with Crippen LogP contribution in [0.3, 0.4) is 0 Å². The van der Waals surface area contributed by atoms with E-state index in [2.05, 4.69) is 28.2 Å². The molecule has 2 nitrogen and oxygen atoms in total. The zero-order valence-electron chi connectivity index (χ0n) is 9.71. The van der Waals surface area contributed by atoms with Crippen molar-refractivity contribution in [2.75, 3.05) is 0 Å². The maximum atomic E-state index is 4.46. The monoisotopic (exact) mass is 213 g/mol. The molecule has 83 valence electrons. The van der Waals surface area contributed by atoms with Crippen molar-refractivity contribution in [3.63, 3.8) is 0 Å². The molecule has 2 heteroatoms. The Balaban J connectivity index is 1.97. The fourth-order valence-corrected chi connectivity index (χ4v) is 2.73. The van der Waals surface area contributed by atoms with E-state index in [1.165, 1.54) is 37.7 Å². The van der Waals surface area contributed by atoms with Gasteiger partial charge in [0, 0.05) is 6.07 Å². The average Bonchev–Trinajstić information content (AvgIpc) is 2.69. The fraction of sp³-hybridized carbons (Fsp3) is 0.500. The average molecular weight is 213 g/mol. The Morgan fingerprint density at radius 2 is 2.06 bits per heavy atom. The van der Waals surface area contributed by atoms with Crippen molar-refractivity contribution in [2.24, 2.45) is 0 Å². The number of fused-ring (bicyclic) bond motifs is 1. The summed E-state index contributed by atoms with van der Waals surface area (Å²) in [6.45, 7) is 1.99. The van der Waals surface area contributed by atoms with Crippen LogP contribution in [0.5, 0.6) is 0 Å². The maximum Gasteiger partial charge on any atom is 0.104 e. The second-order valence-corrected chi connectivity index (χ2v) is 4.83. The van der Waals surface area contributed by atoms with E-state index in [0.29, 0.717) is 0 Å². The number of H-pyrrole nitrogens is 1. The normalized spacial score (nSPS) is 18.1. The van der Waals surface area contributed by atoms with Crippen molar-refractivity contribution >= 4 is 11.0 Å². The second kappa shape index (κ2) is 3.93. The number of nitrogens with zero attached hydrogens (tertiary/aromatic N) is 1. The van der Waals surface area contributed by atoms with E-state index in [-0.39, 0.29) is 0 Å². The topological polar surface area (TPSA) is 28.7 Å². The molecule has 1 N–H and O–H groups in total. The van der Waals surface area contributed by atoms with Gasteiger partial charge in [0.05, 0.1) is 11.0 Å². The highest BCUT2D eigenvalue weighted by molar-refractivity contribution is 5.75. The molecule has 1 heterocycles. The number of aromatic nitrogens is 2. The molecule has 1 aliphatic carbocycles. The van der Waals surface area contributed by atoms with Crippen molar-refractivity contribution in [2.45, 2.75) is 44.9 Å². The van der Waals surface area contributed by atoms with E-state index in [4.69, 9.17) is 0 Å². The number of nitrogens with one attached hydrogen (secondary N) is 1. The first kappa shape index (κ1) is 9.88. The largest absolute Gasteiger partial charge is 0.342 e. The maximum absolute atomic E-state index is 4.46. The predicted molar refractivity (Wildman–Crippen MR) is 65.5 cm³/mol. The van der Waals surface area contributed by atoms with Crippen molar-refractivity contribution in [3.8, 4) is 0 Å². The molecule has 0 bridgehead atoms. The standard InChI is InChI=1S/C14H17N2/c1-10-15-13-8-7-12(9-14(13)16-10)11-5-3-2-4-6-11/h7-8,11H,2-6H2,1H3,(H,15,16). The van der Waals surface area contributed by atoms with Gasteiger partial charge in [0.25, 0.3) is 0 Å². The van der Waals surface area contributed by atoms with E-state index < -0.39 is 0 Å². The van der Waals surface area contributed by atoms with Crippen LogP contribution in [0, 0.1) is 13.0 Å². The van der Waals surface area contributed by atoms with Crippen LogP contribution in [0.2, 0.25) is 0 Å². The van der Waals surface area contributed by atoms with Gasteiger partial charge >= 0.3 is 0 Å². The first-order valence-corrected chi connectivity index (χ1v) is 6.21. The molecule has 0 spiro atoms. The van der Waals surface area contributed by atoms with Gasteiger partial charge in [0.1, 0.15) is 5.82 Å². The summed E-state index contributed by atoms with van der Waals surface area (Å²) in [7, 11) is 0. The summed E-state index contributed by atoms with van der Waals surface area (Å²) in [5, 5.41) is 0. The molecule has 0 unspecified atom stereocenters. The predicted octanol–water partition coefficient (Wildman–Crippen LogP) is 3.72. The molecule has 2 aromatic rings. The lowest BCUT2D eigenvalue weighted by atomic mass is 9.84. The van der Waals surface area contributed by atoms with Crippen LogP contribution >= 0.6 is 0 Å². The molecule has 1 aliphatic rings. The Hall–Kier alpha value is -1.31. The molecule has 0 saturated heterocycles. The van der Waals surface area contributed by atoms with E-state index in [1.807, 2.05) is 6.92 Å². The summed E-state index contributed by atoms with van der Waals surface area (Å²) in [6, 6.07) is 7.84. The van der Waals surface area contributed by atoms with Gasteiger partial charge in [0.2, 0.25) is 0 Å². The number of aromatic amines is 1. The molecule has 1 aromatic heterocycles. The molecular weight excluding hydrogens is 196 g/mol. The lowest BCUT2D eigenvalue weighted by molar-refractivity contribution is 0.443. The molecule has 0 amide bonds. The molecule has 1 saturated carbocycles. The molecule has 3 rings (SSSR count). The highest BCUT2D eigenvalue weighted by Gasteiger charge is 2.16. The van der Waals surface area contributed by atoms with E-state index in [1.54, 1.807) is 0 Å². The lowest BCUT2D eigenvalue weighted by Crippen LogP contribution is -2.04. The number of hydrogen-bond acceptors (Lipinski definition) is 1. The third kappa shape index (κ3) is 1.73. The van der Waals surface area contributed by atoms with Gasteiger partial charge in [-0.1, -0.05) is 25.3 Å². The van der Waals surface area contributed by atoms with E-state index >= 15 is 0 Å². The molecule has 1 radical (unpaired) electrons. The molecule has 1 aromatic carbocycles. The number of hydrogen-bond donors (Lipinski definition) is 1. The Morgan fingerprint density at radius 3 is 2.88 bits per heavy atom. The third-order valence-corrected chi connectivity index (χ3v) is 3.59. The summed E-state index contributed by atoms with van der Waals surface area (Å²) in [4.78, 5) is 7.70. The first-order valence-electron chi connectivity index (χ1n) is 6.21. The number of benzene rings is 1. The van der Waals surface area contributed by atoms with Gasteiger partial charge in [-0.15, -0.1) is 0 Å². The molecular formula is C14H17N2. The van der Waals surface area contributed by atoms with Crippen molar-refractivity contribution < 1.29 is 0 Å². The van der Waals surface area contributed by atoms with Crippen LogP contribution < -0.4 is 0 Å². The summed E-state index contributed by atoms with van der Waals surface area (Å²) in [6.07, 6.45) is 6.79. The van der Waals surface area contributed by atoms with Crippen LogP contribution in [0.4, 0.5) is 0 Å². The Morgan fingerprint density at radius 1 is 1.25 bits per heavy atom. The van der Waals surface area contributed by atoms with Gasteiger partial charge in [-0.2, -0.15) is 0 Å². The third-order valence-electron chi connectivity index (χ3n) is 3.59. The fourth-order valence-electron chi connectivity index (χ4n) is 2.73. The van der Waals surface area contributed by atoms with E-state index in [0.717, 1.165) is 22.8 Å². The van der Waals surface area contributed by atoms with Crippen LogP contribution in [0.15, 0.2) is 12.1 Å². The highest BCUT2D eigenvalue weighted by atomic mass is 14.9. The lowest BCUT2D eigenvalue weighted by Gasteiger charge is -2.21. The van der Waals surface area contributed by atoms with Crippen molar-refractivity contribution in [1.29, 1.82) is 0 Å². The van der Waals surface area contributed by atoms with Crippen molar-refractivity contribution in [1.82, 2.24) is 9.97 Å². The van der Waals surface area contributed by atoms with Crippen molar-refractivity contribution in [3.05, 3.63) is 29.6 Å². The zero-order valence-corrected chi connectivity index (χ0v) is 9.71. The molecule has 0 aliphatic heterocycles. The Labute approximate surface area is 96.1 Å². The first-order chi connectivity index (χ1) is 7.83. The minimum absolute atomic E-state index is 0.718. The second-order valence-electron chi connectivity index (χ2n) is 4.83. The Bertz CT molecular complexity index is 492. The number of imidazole rings is 1. The number of rotatable bonds is 1. The zero-order chi connectivity index (χ0) is 11.0. The summed E-state index contributed by atoms with van der Waals surface area (Å²) < 4.78 is 0. The van der Waals surface area contributed by atoms with Crippen LogP contribution in [0.25, 0.3) is 11.0 Å². The number of aryl methyl sites for hydroxylation is 1. The summed E-state index contributed by atoms with van der Waals surface area (Å²) in [5.74, 6) is 1.70. The van der Waals surface area contributed by atoms with Crippen LogP contribution in [-0.4, -0.2) is 9.97 Å². The van der Waals surface area contributed by atoms with Crippen LogP contribution in [0.1, 0.15) is 49.4 Å². The van der Waals surface area contributed by atoms with Gasteiger partial charge in [-0.25, -0.2) is 4.98 Å². The van der Waals surface area contributed by atoms with Crippen LogP contribution in [-0.2, 0) is 0 Å². The highest BCUT2D eigenvalue weighted by Crippen LogP contribution is 2.33. The SMILES string of the molecule is Cc1nc2[c]c(C3CCCCC3)ccc2[nH]1. The molecule has 16 heavy (non-hydrogen) atoms. The van der Waals surface area contributed by atoms with Gasteiger partial charge < -0.3 is 4.98 Å². The summed E-state index contributed by atoms with van der Waals surface area (Å²) >= 11 is 0. The van der Waals surface area contributed by atoms with Gasteiger partial charge in [-0.05, 0) is 37.3 Å². The smallest absolute Gasteiger partial charge is 0.104 e. The van der Waals surface area contributed by atoms with E-state index in [9.17, 15) is 0 Å². The Kier molecular flexibility index (Phi) is 2.43. The molecule has 0 atom stereocenters. The van der Waals surface area contributed by atoms with Gasteiger partial charge in [-0.3, -0.25) is 0 Å². The summed E-state index contributed by atoms with van der Waals surface area (Å²) in [5.41, 5.74) is 3.47. The minimum Gasteiger partial charge on any atom is -0.342 e.